The standard InChI is InChI=1S/C24H26N2O4/c1-13(2)20-21(19(10-15-6-7-15)14(3)26-23(20)29-4)22(27)17-8-16(12-25)9-18(11-17)24(28)30-5/h8-9,11,13,15H,6-7,10H2,1-5H3. The lowest BCUT2D eigenvalue weighted by Gasteiger charge is -2.21. The van der Waals surface area contributed by atoms with Gasteiger partial charge in [0, 0.05) is 22.4 Å². The van der Waals surface area contributed by atoms with Gasteiger partial charge in [0.2, 0.25) is 5.88 Å². The summed E-state index contributed by atoms with van der Waals surface area (Å²) in [6, 6.07) is 6.45. The van der Waals surface area contributed by atoms with Crippen LogP contribution < -0.4 is 4.74 Å². The Kier molecular flexibility index (Phi) is 6.21. The molecule has 0 bridgehead atoms. The van der Waals surface area contributed by atoms with E-state index in [0.717, 1.165) is 36.1 Å². The Balaban J connectivity index is 2.25. The highest BCUT2D eigenvalue weighted by atomic mass is 16.5. The van der Waals surface area contributed by atoms with Crippen LogP contribution in [0.2, 0.25) is 0 Å². The Hall–Kier alpha value is -3.20. The van der Waals surface area contributed by atoms with Crippen LogP contribution in [0.4, 0.5) is 0 Å². The third-order valence-electron chi connectivity index (χ3n) is 5.44. The summed E-state index contributed by atoms with van der Waals surface area (Å²) in [6.07, 6.45) is 3.07. The summed E-state index contributed by atoms with van der Waals surface area (Å²) in [7, 11) is 2.82. The minimum atomic E-state index is -0.591. The van der Waals surface area contributed by atoms with Gasteiger partial charge in [0.15, 0.2) is 5.78 Å². The van der Waals surface area contributed by atoms with Crippen molar-refractivity contribution < 1.29 is 19.1 Å². The van der Waals surface area contributed by atoms with Crippen LogP contribution in [-0.4, -0.2) is 31.0 Å². The number of nitrogens with zero attached hydrogens (tertiary/aromatic N) is 2. The highest BCUT2D eigenvalue weighted by Gasteiger charge is 2.31. The Morgan fingerprint density at radius 3 is 2.40 bits per heavy atom. The fraction of sp³-hybridized carbons (Fsp3) is 0.417. The molecule has 0 spiro atoms. The number of carbonyl (C=O) groups excluding carboxylic acids is 2. The summed E-state index contributed by atoms with van der Waals surface area (Å²) >= 11 is 0. The number of benzene rings is 1. The van der Waals surface area contributed by atoms with Crippen LogP contribution in [0.5, 0.6) is 5.88 Å². The fourth-order valence-electron chi connectivity index (χ4n) is 3.74. The van der Waals surface area contributed by atoms with E-state index >= 15 is 0 Å². The maximum atomic E-state index is 13.8. The summed E-state index contributed by atoms with van der Waals surface area (Å²) in [5.41, 5.74) is 3.71. The lowest BCUT2D eigenvalue weighted by atomic mass is 9.86. The van der Waals surface area contributed by atoms with Gasteiger partial charge in [-0.25, -0.2) is 9.78 Å². The number of carbonyl (C=O) groups is 2. The SMILES string of the molecule is COC(=O)c1cc(C#N)cc(C(=O)c2c(CC3CC3)c(C)nc(OC)c2C(C)C)c1. The van der Waals surface area contributed by atoms with Gasteiger partial charge in [-0.1, -0.05) is 13.8 Å². The molecule has 1 aliphatic rings. The zero-order valence-corrected chi connectivity index (χ0v) is 18.0. The van der Waals surface area contributed by atoms with E-state index in [9.17, 15) is 14.9 Å². The first kappa shape index (κ1) is 21.5. The second-order valence-electron chi connectivity index (χ2n) is 8.01. The number of hydrogen-bond donors (Lipinski definition) is 0. The molecule has 2 aromatic rings. The summed E-state index contributed by atoms with van der Waals surface area (Å²) in [5, 5.41) is 9.40. The van der Waals surface area contributed by atoms with Crippen molar-refractivity contribution in [3.63, 3.8) is 0 Å². The van der Waals surface area contributed by atoms with E-state index in [0.29, 0.717) is 17.4 Å². The molecule has 1 aromatic heterocycles. The number of rotatable bonds is 7. The third kappa shape index (κ3) is 4.20. The Labute approximate surface area is 176 Å². The Morgan fingerprint density at radius 2 is 1.87 bits per heavy atom. The molecule has 1 saturated carbocycles. The normalized spacial score (nSPS) is 13.1. The number of methoxy groups -OCH3 is 2. The quantitative estimate of drug-likeness (QED) is 0.501. The molecule has 0 saturated heterocycles. The lowest BCUT2D eigenvalue weighted by molar-refractivity contribution is 0.0600. The highest BCUT2D eigenvalue weighted by Crippen LogP contribution is 2.39. The molecule has 30 heavy (non-hydrogen) atoms. The van der Waals surface area contributed by atoms with Crippen molar-refractivity contribution in [1.29, 1.82) is 5.26 Å². The maximum absolute atomic E-state index is 13.8. The number of nitriles is 1. The summed E-state index contributed by atoms with van der Waals surface area (Å²) in [4.78, 5) is 30.5. The molecule has 6 heteroatoms. The van der Waals surface area contributed by atoms with Gasteiger partial charge in [0.05, 0.1) is 31.4 Å². The predicted molar refractivity (Wildman–Crippen MR) is 112 cm³/mol. The Bertz CT molecular complexity index is 1050. The zero-order chi connectivity index (χ0) is 22.0. The van der Waals surface area contributed by atoms with Gasteiger partial charge in [-0.3, -0.25) is 4.79 Å². The fourth-order valence-corrected chi connectivity index (χ4v) is 3.74. The van der Waals surface area contributed by atoms with Crippen LogP contribution in [0.1, 0.15) is 81.3 Å². The van der Waals surface area contributed by atoms with Crippen molar-refractivity contribution in [2.45, 2.75) is 46.0 Å². The molecule has 6 nitrogen and oxygen atoms in total. The van der Waals surface area contributed by atoms with Gasteiger partial charge in [0.1, 0.15) is 0 Å². The minimum absolute atomic E-state index is 0.00387. The monoisotopic (exact) mass is 406 g/mol. The van der Waals surface area contributed by atoms with E-state index in [1.807, 2.05) is 26.8 Å². The van der Waals surface area contributed by atoms with E-state index in [1.54, 1.807) is 7.11 Å². The smallest absolute Gasteiger partial charge is 0.337 e. The molecule has 1 heterocycles. The van der Waals surface area contributed by atoms with Crippen LogP contribution in [0, 0.1) is 24.2 Å². The number of pyridine rings is 1. The van der Waals surface area contributed by atoms with Crippen molar-refractivity contribution in [3.05, 3.63) is 57.3 Å². The van der Waals surface area contributed by atoms with Crippen LogP contribution in [0.3, 0.4) is 0 Å². The van der Waals surface area contributed by atoms with Crippen molar-refractivity contribution in [1.82, 2.24) is 4.98 Å². The molecule has 1 aliphatic carbocycles. The predicted octanol–water partition coefficient (Wildman–Crippen LogP) is 4.36. The molecule has 0 N–H and O–H groups in total. The molecule has 0 unspecified atom stereocenters. The molecule has 0 radical (unpaired) electrons. The molecule has 0 atom stereocenters. The maximum Gasteiger partial charge on any atom is 0.337 e. The van der Waals surface area contributed by atoms with E-state index in [2.05, 4.69) is 4.98 Å². The van der Waals surface area contributed by atoms with Gasteiger partial charge >= 0.3 is 5.97 Å². The van der Waals surface area contributed by atoms with Crippen molar-refractivity contribution >= 4 is 11.8 Å². The lowest BCUT2D eigenvalue weighted by Crippen LogP contribution is -2.16. The first-order valence-corrected chi connectivity index (χ1v) is 10.1. The largest absolute Gasteiger partial charge is 0.481 e. The van der Waals surface area contributed by atoms with Gasteiger partial charge in [-0.2, -0.15) is 5.26 Å². The first-order chi connectivity index (χ1) is 14.3. The molecule has 0 amide bonds. The molecular weight excluding hydrogens is 380 g/mol. The van der Waals surface area contributed by atoms with Gasteiger partial charge < -0.3 is 9.47 Å². The third-order valence-corrected chi connectivity index (χ3v) is 5.44. The van der Waals surface area contributed by atoms with Gasteiger partial charge in [0.25, 0.3) is 0 Å². The van der Waals surface area contributed by atoms with Crippen LogP contribution in [0.15, 0.2) is 18.2 Å². The molecule has 1 fully saturated rings. The van der Waals surface area contributed by atoms with Gasteiger partial charge in [-0.15, -0.1) is 0 Å². The molecule has 0 aliphatic heterocycles. The summed E-state index contributed by atoms with van der Waals surface area (Å²) in [5.74, 6) is 0.174. The molecule has 1 aromatic carbocycles. The van der Waals surface area contributed by atoms with Crippen LogP contribution in [0.25, 0.3) is 0 Å². The molecule has 156 valence electrons. The van der Waals surface area contributed by atoms with E-state index in [1.165, 1.54) is 25.3 Å². The highest BCUT2D eigenvalue weighted by molar-refractivity contribution is 6.12. The van der Waals surface area contributed by atoms with Crippen molar-refractivity contribution in [2.24, 2.45) is 5.92 Å². The van der Waals surface area contributed by atoms with E-state index in [4.69, 9.17) is 9.47 Å². The molecule has 3 rings (SSSR count). The second-order valence-corrected chi connectivity index (χ2v) is 8.01. The van der Waals surface area contributed by atoms with Crippen molar-refractivity contribution in [3.8, 4) is 11.9 Å². The number of esters is 1. The Morgan fingerprint density at radius 1 is 1.20 bits per heavy atom. The topological polar surface area (TPSA) is 89.3 Å². The van der Waals surface area contributed by atoms with Crippen molar-refractivity contribution in [2.75, 3.05) is 14.2 Å². The average Bonchev–Trinajstić information content (AvgIpc) is 3.56. The van der Waals surface area contributed by atoms with Crippen LogP contribution in [-0.2, 0) is 11.2 Å². The van der Waals surface area contributed by atoms with Gasteiger partial charge in [-0.05, 0) is 61.8 Å². The number of aryl methyl sites for hydroxylation is 1. The zero-order valence-electron chi connectivity index (χ0n) is 18.0. The van der Waals surface area contributed by atoms with E-state index in [-0.39, 0.29) is 28.4 Å². The number of ketones is 1. The number of ether oxygens (including phenoxy) is 2. The number of hydrogen-bond acceptors (Lipinski definition) is 6. The first-order valence-electron chi connectivity index (χ1n) is 10.1. The molecular formula is C24H26N2O4. The average molecular weight is 406 g/mol. The number of aromatic nitrogens is 1. The summed E-state index contributed by atoms with van der Waals surface area (Å²) in [6.45, 7) is 5.89. The summed E-state index contributed by atoms with van der Waals surface area (Å²) < 4.78 is 10.3. The van der Waals surface area contributed by atoms with E-state index < -0.39 is 5.97 Å². The van der Waals surface area contributed by atoms with Crippen LogP contribution >= 0.6 is 0 Å². The minimum Gasteiger partial charge on any atom is -0.481 e. The second kappa shape index (κ2) is 8.66.